The fraction of sp³-hybridized carbons (Fsp3) is 0.417. The number of halogens is 1. The molecular formula is C12H15ClN2O. The minimum Gasteiger partial charge on any atom is -0.476 e. The Morgan fingerprint density at radius 2 is 2.19 bits per heavy atom. The van der Waals surface area contributed by atoms with Crippen LogP contribution in [0.3, 0.4) is 0 Å². The van der Waals surface area contributed by atoms with Crippen LogP contribution in [0.1, 0.15) is 19.4 Å². The van der Waals surface area contributed by atoms with E-state index in [-0.39, 0.29) is 6.04 Å². The summed E-state index contributed by atoms with van der Waals surface area (Å²) < 4.78 is 5.48. The molecule has 1 aromatic rings. The fourth-order valence-corrected chi connectivity index (χ4v) is 1.58. The number of benzene rings is 1. The van der Waals surface area contributed by atoms with E-state index in [1.165, 1.54) is 0 Å². The van der Waals surface area contributed by atoms with Gasteiger partial charge in [0.25, 0.3) is 0 Å². The predicted molar refractivity (Wildman–Crippen MR) is 64.5 cm³/mol. The maximum atomic E-state index is 8.70. The summed E-state index contributed by atoms with van der Waals surface area (Å²) in [6.07, 6.45) is 0.196. The topological polar surface area (TPSA) is 59.0 Å². The third kappa shape index (κ3) is 3.73. The van der Waals surface area contributed by atoms with Crippen molar-refractivity contribution in [1.29, 1.82) is 5.26 Å². The lowest BCUT2D eigenvalue weighted by Crippen LogP contribution is -2.19. The molecular weight excluding hydrogens is 224 g/mol. The van der Waals surface area contributed by atoms with E-state index in [4.69, 9.17) is 27.3 Å². The van der Waals surface area contributed by atoms with E-state index in [1.54, 1.807) is 19.1 Å². The fourth-order valence-electron chi connectivity index (χ4n) is 1.39. The Balaban J connectivity index is 2.94. The predicted octanol–water partition coefficient (Wildman–Crippen LogP) is 2.52. The van der Waals surface area contributed by atoms with Gasteiger partial charge in [0.15, 0.2) is 6.10 Å². The summed E-state index contributed by atoms with van der Waals surface area (Å²) in [4.78, 5) is 0. The molecule has 2 unspecified atom stereocenters. The third-order valence-corrected chi connectivity index (χ3v) is 2.29. The molecule has 0 radical (unpaired) electrons. The quantitative estimate of drug-likeness (QED) is 0.877. The van der Waals surface area contributed by atoms with Gasteiger partial charge in [-0.05, 0) is 44.0 Å². The van der Waals surface area contributed by atoms with Crippen LogP contribution in [-0.4, -0.2) is 12.1 Å². The van der Waals surface area contributed by atoms with Gasteiger partial charge in [0, 0.05) is 11.1 Å². The van der Waals surface area contributed by atoms with Crippen LogP contribution in [0.5, 0.6) is 5.75 Å². The van der Waals surface area contributed by atoms with Crippen LogP contribution in [0.4, 0.5) is 0 Å². The zero-order valence-corrected chi connectivity index (χ0v) is 10.2. The van der Waals surface area contributed by atoms with Crippen molar-refractivity contribution in [3.8, 4) is 11.8 Å². The maximum absolute atomic E-state index is 8.70. The zero-order chi connectivity index (χ0) is 12.1. The van der Waals surface area contributed by atoms with Gasteiger partial charge in [-0.15, -0.1) is 0 Å². The summed E-state index contributed by atoms with van der Waals surface area (Å²) in [5.41, 5.74) is 6.68. The second-order valence-corrected chi connectivity index (χ2v) is 4.26. The van der Waals surface area contributed by atoms with E-state index in [0.717, 1.165) is 5.56 Å². The van der Waals surface area contributed by atoms with Gasteiger partial charge < -0.3 is 10.5 Å². The molecule has 0 heterocycles. The Labute approximate surface area is 101 Å². The standard InChI is InChI=1S/C12H15ClN2O/c1-8(15)5-10-6-11(13)3-4-12(10)16-9(2)7-14/h3-4,6,8-9H,5,15H2,1-2H3. The first-order valence-electron chi connectivity index (χ1n) is 5.13. The van der Waals surface area contributed by atoms with E-state index in [9.17, 15) is 0 Å². The number of rotatable bonds is 4. The summed E-state index contributed by atoms with van der Waals surface area (Å²) in [6, 6.07) is 7.39. The Bertz CT molecular complexity index is 398. The largest absolute Gasteiger partial charge is 0.476 e. The molecule has 86 valence electrons. The van der Waals surface area contributed by atoms with Crippen LogP contribution in [0.15, 0.2) is 18.2 Å². The van der Waals surface area contributed by atoms with Crippen molar-refractivity contribution in [1.82, 2.24) is 0 Å². The highest BCUT2D eigenvalue weighted by molar-refractivity contribution is 6.30. The minimum absolute atomic E-state index is 0.0261. The highest BCUT2D eigenvalue weighted by Crippen LogP contribution is 2.24. The SMILES string of the molecule is CC(N)Cc1cc(Cl)ccc1OC(C)C#N. The minimum atomic E-state index is -0.479. The van der Waals surface area contributed by atoms with Gasteiger partial charge >= 0.3 is 0 Å². The molecule has 0 bridgehead atoms. The average molecular weight is 239 g/mol. The lowest BCUT2D eigenvalue weighted by molar-refractivity contribution is 0.273. The number of hydrogen-bond donors (Lipinski definition) is 1. The number of ether oxygens (including phenoxy) is 1. The van der Waals surface area contributed by atoms with Crippen LogP contribution in [-0.2, 0) is 6.42 Å². The first-order chi connectivity index (χ1) is 7.52. The van der Waals surface area contributed by atoms with Gasteiger partial charge in [0.05, 0.1) is 0 Å². The molecule has 3 nitrogen and oxygen atoms in total. The van der Waals surface area contributed by atoms with Crippen molar-refractivity contribution in [3.63, 3.8) is 0 Å². The van der Waals surface area contributed by atoms with Gasteiger partial charge in [0.1, 0.15) is 11.8 Å². The van der Waals surface area contributed by atoms with Crippen molar-refractivity contribution >= 4 is 11.6 Å². The highest BCUT2D eigenvalue weighted by Gasteiger charge is 2.09. The monoisotopic (exact) mass is 238 g/mol. The normalized spacial score (nSPS) is 13.9. The molecule has 0 aliphatic carbocycles. The number of nitriles is 1. The third-order valence-electron chi connectivity index (χ3n) is 2.05. The molecule has 0 amide bonds. The number of hydrogen-bond acceptors (Lipinski definition) is 3. The lowest BCUT2D eigenvalue weighted by atomic mass is 10.1. The molecule has 0 aromatic heterocycles. The van der Waals surface area contributed by atoms with Crippen LogP contribution >= 0.6 is 11.6 Å². The van der Waals surface area contributed by atoms with Gasteiger partial charge in [-0.2, -0.15) is 5.26 Å². The molecule has 0 aliphatic heterocycles. The Hall–Kier alpha value is -1.24. The van der Waals surface area contributed by atoms with Gasteiger partial charge in [-0.3, -0.25) is 0 Å². The zero-order valence-electron chi connectivity index (χ0n) is 9.40. The number of nitrogens with zero attached hydrogens (tertiary/aromatic N) is 1. The summed E-state index contributed by atoms with van der Waals surface area (Å²) in [6.45, 7) is 3.61. The molecule has 0 spiro atoms. The second-order valence-electron chi connectivity index (χ2n) is 3.82. The first kappa shape index (κ1) is 12.8. The molecule has 0 fully saturated rings. The smallest absolute Gasteiger partial charge is 0.181 e. The molecule has 0 saturated heterocycles. The van der Waals surface area contributed by atoms with Gasteiger partial charge in [0.2, 0.25) is 0 Å². The van der Waals surface area contributed by atoms with Crippen molar-refractivity contribution in [3.05, 3.63) is 28.8 Å². The van der Waals surface area contributed by atoms with Crippen LogP contribution in [0.25, 0.3) is 0 Å². The van der Waals surface area contributed by atoms with Crippen molar-refractivity contribution in [2.24, 2.45) is 5.73 Å². The van der Waals surface area contributed by atoms with Crippen molar-refractivity contribution < 1.29 is 4.74 Å². The molecule has 4 heteroatoms. The Morgan fingerprint density at radius 3 is 2.75 bits per heavy atom. The van der Waals surface area contributed by atoms with Crippen LogP contribution < -0.4 is 10.5 Å². The molecule has 1 aromatic carbocycles. The molecule has 0 saturated carbocycles. The Morgan fingerprint density at radius 1 is 1.50 bits per heavy atom. The van der Waals surface area contributed by atoms with Crippen LogP contribution in [0, 0.1) is 11.3 Å². The molecule has 1 rings (SSSR count). The summed E-state index contributed by atoms with van der Waals surface area (Å²) in [7, 11) is 0. The Kier molecular flexibility index (Phi) is 4.60. The van der Waals surface area contributed by atoms with Gasteiger partial charge in [-0.25, -0.2) is 0 Å². The van der Waals surface area contributed by atoms with E-state index >= 15 is 0 Å². The summed E-state index contributed by atoms with van der Waals surface area (Å²) in [5.74, 6) is 0.677. The second kappa shape index (κ2) is 5.74. The van der Waals surface area contributed by atoms with Crippen molar-refractivity contribution in [2.45, 2.75) is 32.4 Å². The lowest BCUT2D eigenvalue weighted by Gasteiger charge is -2.14. The maximum Gasteiger partial charge on any atom is 0.181 e. The first-order valence-corrected chi connectivity index (χ1v) is 5.51. The summed E-state index contributed by atoms with van der Waals surface area (Å²) in [5, 5.41) is 9.34. The highest BCUT2D eigenvalue weighted by atomic mass is 35.5. The molecule has 2 atom stereocenters. The van der Waals surface area contributed by atoms with Crippen LogP contribution in [0.2, 0.25) is 5.02 Å². The van der Waals surface area contributed by atoms with E-state index in [2.05, 4.69) is 0 Å². The van der Waals surface area contributed by atoms with E-state index in [1.807, 2.05) is 19.1 Å². The molecule has 0 aliphatic rings. The number of nitrogens with two attached hydrogens (primary N) is 1. The summed E-state index contributed by atoms with van der Waals surface area (Å²) >= 11 is 5.91. The molecule has 2 N–H and O–H groups in total. The molecule has 16 heavy (non-hydrogen) atoms. The van der Waals surface area contributed by atoms with Crippen molar-refractivity contribution in [2.75, 3.05) is 0 Å². The average Bonchev–Trinajstić information content (AvgIpc) is 2.21. The van der Waals surface area contributed by atoms with E-state index < -0.39 is 6.10 Å². The van der Waals surface area contributed by atoms with E-state index in [0.29, 0.717) is 17.2 Å². The van der Waals surface area contributed by atoms with Gasteiger partial charge in [-0.1, -0.05) is 11.6 Å².